The van der Waals surface area contributed by atoms with Crippen LogP contribution in [0, 0.1) is 0 Å². The summed E-state index contributed by atoms with van der Waals surface area (Å²) in [6.07, 6.45) is 6.12. The summed E-state index contributed by atoms with van der Waals surface area (Å²) in [6.45, 7) is 0. The second-order valence-corrected chi connectivity index (χ2v) is 12.5. The predicted octanol–water partition coefficient (Wildman–Crippen LogP) is 6.45. The first-order valence-corrected chi connectivity index (χ1v) is 13.7. The number of anilines is 4. The van der Waals surface area contributed by atoms with Gasteiger partial charge in [-0.15, -0.1) is 0 Å². The summed E-state index contributed by atoms with van der Waals surface area (Å²) in [4.78, 5) is 0. The Morgan fingerprint density at radius 2 is 0.500 bits per heavy atom. The number of rotatable bonds is 4. The summed E-state index contributed by atoms with van der Waals surface area (Å²) in [5.74, 6) is 0. The van der Waals surface area contributed by atoms with Crippen LogP contribution in [0.2, 0.25) is 0 Å². The second-order valence-electron chi connectivity index (χ2n) is 12.5. The van der Waals surface area contributed by atoms with Crippen LogP contribution in [0.5, 0.6) is 0 Å². The van der Waals surface area contributed by atoms with E-state index in [1.807, 2.05) is 24.3 Å². The lowest BCUT2D eigenvalue weighted by Gasteiger charge is -2.71. The van der Waals surface area contributed by atoms with Crippen LogP contribution in [0.1, 0.15) is 60.8 Å². The fraction of sp³-hybridized carbons (Fsp3) is 0.294. The minimum Gasteiger partial charge on any atom is -0.398 e. The predicted molar refractivity (Wildman–Crippen MR) is 158 cm³/mol. The first kappa shape index (κ1) is 23.2. The van der Waals surface area contributed by atoms with Crippen LogP contribution in [0.25, 0.3) is 0 Å². The molecule has 8 rings (SSSR count). The molecule has 4 saturated carbocycles. The molecule has 4 bridgehead atoms. The first-order chi connectivity index (χ1) is 18.3. The van der Waals surface area contributed by atoms with E-state index in [1.54, 1.807) is 0 Å². The van der Waals surface area contributed by atoms with Crippen molar-refractivity contribution in [1.82, 2.24) is 0 Å². The van der Waals surface area contributed by atoms with Gasteiger partial charge in [0.15, 0.2) is 0 Å². The maximum atomic E-state index is 6.80. The van der Waals surface area contributed by atoms with E-state index in [1.165, 1.54) is 22.3 Å². The molecule has 0 radical (unpaired) electrons. The smallest absolute Gasteiger partial charge is 0.0352 e. The average molecular weight is 501 g/mol. The topological polar surface area (TPSA) is 104 Å². The van der Waals surface area contributed by atoms with Gasteiger partial charge in [0, 0.05) is 22.7 Å². The second kappa shape index (κ2) is 7.80. The number of hydrogen-bond donors (Lipinski definition) is 4. The molecule has 0 unspecified atom stereocenters. The third kappa shape index (κ3) is 3.09. The van der Waals surface area contributed by atoms with E-state index in [0.717, 1.165) is 61.3 Å². The molecule has 4 aliphatic rings. The standard InChI is InChI=1S/C34H36N4/c35-27-13-5-1-9-23(27)31-17-32(24-10-2-6-14-28(24)36)20-33(18-31,25-11-3-7-15-29(25)37)22-34(19-31,21-32)26-12-4-8-16-30(26)38/h1-16H,17-22,35-38H2. The van der Waals surface area contributed by atoms with Crippen LogP contribution >= 0.6 is 0 Å². The van der Waals surface area contributed by atoms with Crippen molar-refractivity contribution in [1.29, 1.82) is 0 Å². The number of benzene rings is 4. The minimum atomic E-state index is -0.132. The summed E-state index contributed by atoms with van der Waals surface area (Å²) in [7, 11) is 0. The van der Waals surface area contributed by atoms with Gasteiger partial charge >= 0.3 is 0 Å². The molecule has 4 aliphatic carbocycles. The maximum Gasteiger partial charge on any atom is 0.0352 e. The molecule has 4 nitrogen and oxygen atoms in total. The summed E-state index contributed by atoms with van der Waals surface area (Å²) >= 11 is 0. The van der Waals surface area contributed by atoms with Crippen molar-refractivity contribution >= 4 is 22.7 Å². The van der Waals surface area contributed by atoms with Gasteiger partial charge in [-0.25, -0.2) is 0 Å². The van der Waals surface area contributed by atoms with Crippen molar-refractivity contribution in [3.8, 4) is 0 Å². The summed E-state index contributed by atoms with van der Waals surface area (Å²) in [6, 6.07) is 34.0. The molecule has 0 spiro atoms. The molecule has 0 heterocycles. The Morgan fingerprint density at radius 3 is 0.684 bits per heavy atom. The normalized spacial score (nSPS) is 31.4. The van der Waals surface area contributed by atoms with E-state index < -0.39 is 0 Å². The monoisotopic (exact) mass is 500 g/mol. The number of hydrogen-bond acceptors (Lipinski definition) is 4. The van der Waals surface area contributed by atoms with Crippen molar-refractivity contribution in [3.63, 3.8) is 0 Å². The Morgan fingerprint density at radius 1 is 0.316 bits per heavy atom. The van der Waals surface area contributed by atoms with Gasteiger partial charge < -0.3 is 22.9 Å². The number of para-hydroxylation sites is 4. The van der Waals surface area contributed by atoms with E-state index in [9.17, 15) is 0 Å². The van der Waals surface area contributed by atoms with Crippen LogP contribution < -0.4 is 22.9 Å². The fourth-order valence-corrected chi connectivity index (χ4v) is 9.70. The molecule has 0 saturated heterocycles. The number of nitrogens with two attached hydrogens (primary N) is 4. The van der Waals surface area contributed by atoms with Gasteiger partial charge in [-0.1, -0.05) is 72.8 Å². The van der Waals surface area contributed by atoms with Crippen LogP contribution in [0.4, 0.5) is 22.7 Å². The van der Waals surface area contributed by atoms with Crippen LogP contribution in [-0.4, -0.2) is 0 Å². The lowest BCUT2D eigenvalue weighted by Crippen LogP contribution is -2.67. The van der Waals surface area contributed by atoms with Gasteiger partial charge in [0.25, 0.3) is 0 Å². The van der Waals surface area contributed by atoms with Gasteiger partial charge in [-0.05, 0) is 107 Å². The molecular formula is C34H36N4. The molecule has 0 amide bonds. The third-order valence-electron chi connectivity index (χ3n) is 10.2. The lowest BCUT2D eigenvalue weighted by atomic mass is 9.32. The third-order valence-corrected chi connectivity index (χ3v) is 10.2. The molecule has 38 heavy (non-hydrogen) atoms. The minimum absolute atomic E-state index is 0.132. The van der Waals surface area contributed by atoms with Gasteiger partial charge in [0.1, 0.15) is 0 Å². The van der Waals surface area contributed by atoms with Gasteiger partial charge in [-0.2, -0.15) is 0 Å². The molecule has 4 heteroatoms. The molecule has 0 atom stereocenters. The van der Waals surface area contributed by atoms with Gasteiger partial charge in [0.2, 0.25) is 0 Å². The van der Waals surface area contributed by atoms with E-state index in [4.69, 9.17) is 22.9 Å². The summed E-state index contributed by atoms with van der Waals surface area (Å²) < 4.78 is 0. The number of nitrogen functional groups attached to an aromatic ring is 4. The van der Waals surface area contributed by atoms with Crippen molar-refractivity contribution in [2.45, 2.75) is 60.2 Å². The van der Waals surface area contributed by atoms with E-state index in [-0.39, 0.29) is 21.7 Å². The summed E-state index contributed by atoms with van der Waals surface area (Å²) in [5.41, 5.74) is 35.2. The molecule has 8 N–H and O–H groups in total. The van der Waals surface area contributed by atoms with Gasteiger partial charge in [0.05, 0.1) is 0 Å². The lowest BCUT2D eigenvalue weighted by molar-refractivity contribution is -0.0680. The molecule has 0 aliphatic heterocycles. The zero-order valence-corrected chi connectivity index (χ0v) is 21.8. The Bertz CT molecular complexity index is 1290. The van der Waals surface area contributed by atoms with Crippen molar-refractivity contribution in [2.75, 3.05) is 22.9 Å². The summed E-state index contributed by atoms with van der Waals surface area (Å²) in [5, 5.41) is 0. The first-order valence-electron chi connectivity index (χ1n) is 13.7. The van der Waals surface area contributed by atoms with E-state index >= 15 is 0 Å². The van der Waals surface area contributed by atoms with Crippen molar-refractivity contribution in [2.24, 2.45) is 0 Å². The van der Waals surface area contributed by atoms with Crippen molar-refractivity contribution in [3.05, 3.63) is 119 Å². The van der Waals surface area contributed by atoms with E-state index in [2.05, 4.69) is 72.8 Å². The highest BCUT2D eigenvalue weighted by Gasteiger charge is 2.70. The Labute approximate surface area is 225 Å². The van der Waals surface area contributed by atoms with Crippen LogP contribution in [0.15, 0.2) is 97.1 Å². The quantitative estimate of drug-likeness (QED) is 0.242. The average Bonchev–Trinajstić information content (AvgIpc) is 2.89. The van der Waals surface area contributed by atoms with Crippen LogP contribution in [0.3, 0.4) is 0 Å². The maximum absolute atomic E-state index is 6.80. The van der Waals surface area contributed by atoms with E-state index in [0.29, 0.717) is 0 Å². The highest BCUT2D eigenvalue weighted by Crippen LogP contribution is 2.76. The Balaban J connectivity index is 1.58. The van der Waals surface area contributed by atoms with Crippen LogP contribution in [-0.2, 0) is 21.7 Å². The van der Waals surface area contributed by atoms with Crippen molar-refractivity contribution < 1.29 is 0 Å². The fourth-order valence-electron chi connectivity index (χ4n) is 9.70. The molecule has 4 fully saturated rings. The van der Waals surface area contributed by atoms with Gasteiger partial charge in [-0.3, -0.25) is 0 Å². The highest BCUT2D eigenvalue weighted by molar-refractivity contribution is 5.64. The molecule has 4 aromatic carbocycles. The molecule has 0 aromatic heterocycles. The molecular weight excluding hydrogens is 464 g/mol. The Kier molecular flexibility index (Phi) is 4.76. The Hall–Kier alpha value is -3.92. The zero-order valence-electron chi connectivity index (χ0n) is 21.8. The SMILES string of the molecule is Nc1ccccc1C12CC3(c4ccccc4N)CC(c4ccccc4N)(C1)CC(c1ccccc1N)(C2)C3. The molecule has 192 valence electrons. The zero-order chi connectivity index (χ0) is 26.2. The molecule has 4 aromatic rings. The largest absolute Gasteiger partial charge is 0.398 e. The highest BCUT2D eigenvalue weighted by atomic mass is 14.8.